The number of esters is 1. The molecule has 1 heterocycles. The van der Waals surface area contributed by atoms with Crippen LogP contribution in [0, 0.1) is 6.92 Å². The van der Waals surface area contributed by atoms with Crippen molar-refractivity contribution in [3.63, 3.8) is 0 Å². The van der Waals surface area contributed by atoms with Crippen LogP contribution in [0.1, 0.15) is 46.4 Å². The molecular weight excluding hydrogens is 392 g/mol. The molecule has 0 radical (unpaired) electrons. The molecule has 0 saturated heterocycles. The number of amides is 2. The van der Waals surface area contributed by atoms with E-state index in [4.69, 9.17) is 4.74 Å². The second-order valence-electron chi connectivity index (χ2n) is 6.22. The molecule has 0 spiro atoms. The molecular formula is C21H22N2O5S. The minimum atomic E-state index is -0.513. The van der Waals surface area contributed by atoms with Crippen molar-refractivity contribution < 1.29 is 23.9 Å². The van der Waals surface area contributed by atoms with Crippen molar-refractivity contribution in [1.29, 1.82) is 0 Å². The normalized spacial score (nSPS) is 11.0. The van der Waals surface area contributed by atoms with Crippen LogP contribution >= 0.6 is 11.3 Å². The molecule has 2 aromatic rings. The van der Waals surface area contributed by atoms with Crippen molar-refractivity contribution in [2.75, 3.05) is 17.2 Å². The van der Waals surface area contributed by atoms with Crippen LogP contribution < -0.4 is 10.6 Å². The smallest absolute Gasteiger partial charge is 0.341 e. The number of ether oxygens (including phenoxy) is 1. The van der Waals surface area contributed by atoms with Crippen molar-refractivity contribution in [1.82, 2.24) is 0 Å². The van der Waals surface area contributed by atoms with E-state index < -0.39 is 17.8 Å². The first kappa shape index (κ1) is 22.0. The van der Waals surface area contributed by atoms with Gasteiger partial charge in [0.05, 0.1) is 12.2 Å². The summed E-state index contributed by atoms with van der Waals surface area (Å²) in [5, 5.41) is 5.66. The van der Waals surface area contributed by atoms with E-state index in [1.807, 2.05) is 6.92 Å². The number of carbonyl (C=O) groups excluding carboxylic acids is 4. The van der Waals surface area contributed by atoms with Gasteiger partial charge in [-0.25, -0.2) is 4.79 Å². The zero-order chi connectivity index (χ0) is 21.6. The molecule has 7 nitrogen and oxygen atoms in total. The molecule has 0 aliphatic rings. The first-order chi connectivity index (χ1) is 13.7. The Kier molecular flexibility index (Phi) is 7.44. The van der Waals surface area contributed by atoms with Crippen molar-refractivity contribution in [2.45, 2.75) is 27.7 Å². The maximum atomic E-state index is 12.4. The van der Waals surface area contributed by atoms with E-state index in [0.29, 0.717) is 16.3 Å². The van der Waals surface area contributed by atoms with Gasteiger partial charge in [-0.2, -0.15) is 0 Å². The summed E-state index contributed by atoms with van der Waals surface area (Å²) in [6.45, 7) is 6.71. The van der Waals surface area contributed by atoms with Crippen LogP contribution in [-0.4, -0.2) is 30.2 Å². The van der Waals surface area contributed by atoms with E-state index >= 15 is 0 Å². The summed E-state index contributed by atoms with van der Waals surface area (Å²) >= 11 is 1.25. The SMILES string of the molecule is CCOC(=O)c1cc(C)sc1NC(=O)/C(C)=C\C(=O)Nc1ccc(C(C)=O)cc1. The maximum Gasteiger partial charge on any atom is 0.341 e. The highest BCUT2D eigenvalue weighted by Crippen LogP contribution is 2.28. The Morgan fingerprint density at radius 2 is 1.72 bits per heavy atom. The number of rotatable bonds is 7. The second-order valence-corrected chi connectivity index (χ2v) is 7.48. The highest BCUT2D eigenvalue weighted by Gasteiger charge is 2.18. The molecule has 0 aliphatic heterocycles. The number of thiophene rings is 1. The highest BCUT2D eigenvalue weighted by atomic mass is 32.1. The Bertz CT molecular complexity index is 973. The van der Waals surface area contributed by atoms with Crippen molar-refractivity contribution in [3.8, 4) is 0 Å². The summed E-state index contributed by atoms with van der Waals surface area (Å²) in [7, 11) is 0. The van der Waals surface area contributed by atoms with E-state index in [1.165, 1.54) is 31.3 Å². The second kappa shape index (κ2) is 9.79. The standard InChI is InChI=1S/C21H22N2O5S/c1-5-28-21(27)17-11-13(3)29-20(17)23-19(26)12(2)10-18(25)22-16-8-6-15(7-9-16)14(4)24/h6-11H,5H2,1-4H3,(H,22,25)(H,23,26)/b12-10-. The lowest BCUT2D eigenvalue weighted by Crippen LogP contribution is -2.17. The highest BCUT2D eigenvalue weighted by molar-refractivity contribution is 7.16. The van der Waals surface area contributed by atoms with Crippen molar-refractivity contribution in [3.05, 3.63) is 58.0 Å². The number of nitrogens with one attached hydrogen (secondary N) is 2. The summed E-state index contributed by atoms with van der Waals surface area (Å²) in [5.74, 6) is -1.57. The zero-order valence-corrected chi connectivity index (χ0v) is 17.4. The Labute approximate surface area is 172 Å². The van der Waals surface area contributed by atoms with Crippen molar-refractivity contribution >= 4 is 45.6 Å². The third-order valence-electron chi connectivity index (χ3n) is 3.84. The van der Waals surface area contributed by atoms with Crippen LogP contribution in [0.2, 0.25) is 0 Å². The topological polar surface area (TPSA) is 102 Å². The first-order valence-corrected chi connectivity index (χ1v) is 9.72. The van der Waals surface area contributed by atoms with E-state index in [9.17, 15) is 19.2 Å². The van der Waals surface area contributed by atoms with Crippen LogP contribution in [-0.2, 0) is 14.3 Å². The van der Waals surface area contributed by atoms with Crippen LogP contribution in [0.5, 0.6) is 0 Å². The largest absolute Gasteiger partial charge is 0.462 e. The van der Waals surface area contributed by atoms with Crippen LogP contribution in [0.3, 0.4) is 0 Å². The fourth-order valence-electron chi connectivity index (χ4n) is 2.40. The Morgan fingerprint density at radius 3 is 2.31 bits per heavy atom. The van der Waals surface area contributed by atoms with Gasteiger partial charge in [0.15, 0.2) is 5.78 Å². The number of aryl methyl sites for hydroxylation is 1. The van der Waals surface area contributed by atoms with Gasteiger partial charge in [-0.1, -0.05) is 0 Å². The fourth-order valence-corrected chi connectivity index (χ4v) is 3.29. The number of carbonyl (C=O) groups is 4. The monoisotopic (exact) mass is 414 g/mol. The van der Waals surface area contributed by atoms with Crippen LogP contribution in [0.25, 0.3) is 0 Å². The Hall–Kier alpha value is -3.26. The third-order valence-corrected chi connectivity index (χ3v) is 4.81. The predicted octanol–water partition coefficient (Wildman–Crippen LogP) is 3.96. The van der Waals surface area contributed by atoms with Gasteiger partial charge in [0, 0.05) is 27.8 Å². The molecule has 152 valence electrons. The molecule has 8 heteroatoms. The summed E-state index contributed by atoms with van der Waals surface area (Å²) in [6, 6.07) is 8.08. The quantitative estimate of drug-likeness (QED) is 0.406. The summed E-state index contributed by atoms with van der Waals surface area (Å²) in [5.41, 5.74) is 1.50. The number of anilines is 2. The third kappa shape index (κ3) is 6.11. The van der Waals surface area contributed by atoms with Gasteiger partial charge in [0.2, 0.25) is 5.91 Å². The molecule has 0 bridgehead atoms. The van der Waals surface area contributed by atoms with Gasteiger partial charge in [-0.05, 0) is 58.0 Å². The molecule has 2 amide bonds. The summed E-state index contributed by atoms with van der Waals surface area (Å²) in [6.07, 6.45) is 1.17. The van der Waals surface area contributed by atoms with E-state index in [0.717, 1.165) is 4.88 Å². The molecule has 2 N–H and O–H groups in total. The lowest BCUT2D eigenvalue weighted by molar-refractivity contribution is -0.114. The Balaban J connectivity index is 2.06. The lowest BCUT2D eigenvalue weighted by Gasteiger charge is -2.07. The van der Waals surface area contributed by atoms with Gasteiger partial charge >= 0.3 is 5.97 Å². The molecule has 0 saturated carbocycles. The molecule has 0 aliphatic carbocycles. The molecule has 1 aromatic heterocycles. The molecule has 0 fully saturated rings. The van der Waals surface area contributed by atoms with Gasteiger partial charge < -0.3 is 15.4 Å². The number of ketones is 1. The fraction of sp³-hybridized carbons (Fsp3) is 0.238. The Morgan fingerprint density at radius 1 is 1.07 bits per heavy atom. The molecule has 2 rings (SSSR count). The molecule has 1 aromatic carbocycles. The van der Waals surface area contributed by atoms with E-state index in [2.05, 4.69) is 10.6 Å². The number of hydrogen-bond donors (Lipinski definition) is 2. The van der Waals surface area contributed by atoms with Gasteiger partial charge in [-0.15, -0.1) is 11.3 Å². The van der Waals surface area contributed by atoms with Gasteiger partial charge in [0.25, 0.3) is 5.91 Å². The molecule has 0 unspecified atom stereocenters. The first-order valence-electron chi connectivity index (χ1n) is 8.90. The van der Waals surface area contributed by atoms with Crippen molar-refractivity contribution in [2.24, 2.45) is 0 Å². The minimum absolute atomic E-state index is 0.0683. The lowest BCUT2D eigenvalue weighted by atomic mass is 10.1. The maximum absolute atomic E-state index is 12.4. The average Bonchev–Trinajstić information content (AvgIpc) is 3.02. The van der Waals surface area contributed by atoms with E-state index in [1.54, 1.807) is 37.3 Å². The van der Waals surface area contributed by atoms with Crippen LogP contribution in [0.4, 0.5) is 10.7 Å². The zero-order valence-electron chi connectivity index (χ0n) is 16.6. The molecule has 0 atom stereocenters. The number of benzene rings is 1. The van der Waals surface area contributed by atoms with E-state index in [-0.39, 0.29) is 23.5 Å². The van der Waals surface area contributed by atoms with Gasteiger partial charge in [0.1, 0.15) is 5.00 Å². The average molecular weight is 414 g/mol. The number of hydrogen-bond acceptors (Lipinski definition) is 6. The molecule has 29 heavy (non-hydrogen) atoms. The summed E-state index contributed by atoms with van der Waals surface area (Å²) in [4.78, 5) is 48.7. The van der Waals surface area contributed by atoms with Gasteiger partial charge in [-0.3, -0.25) is 14.4 Å². The van der Waals surface area contributed by atoms with Crippen LogP contribution in [0.15, 0.2) is 42.0 Å². The predicted molar refractivity (Wildman–Crippen MR) is 112 cm³/mol. The number of Topliss-reactive ketones (excluding diaryl/α,β-unsaturated/α-hetero) is 1. The summed E-state index contributed by atoms with van der Waals surface area (Å²) < 4.78 is 4.99. The minimum Gasteiger partial charge on any atom is -0.462 e.